The summed E-state index contributed by atoms with van der Waals surface area (Å²) in [7, 11) is -2.38. The van der Waals surface area contributed by atoms with Crippen molar-refractivity contribution in [3.63, 3.8) is 0 Å². The molecule has 0 unspecified atom stereocenters. The minimum Gasteiger partial charge on any atom is -0.497 e. The number of methoxy groups -OCH3 is 1. The second kappa shape index (κ2) is 6.73. The molecule has 1 aromatic heterocycles. The van der Waals surface area contributed by atoms with Crippen molar-refractivity contribution < 1.29 is 30.5 Å². The van der Waals surface area contributed by atoms with E-state index < -0.39 is 21.9 Å². The van der Waals surface area contributed by atoms with Gasteiger partial charge in [0.25, 0.3) is 10.1 Å². The van der Waals surface area contributed by atoms with Crippen molar-refractivity contribution in [2.24, 2.45) is 0 Å². The number of halogens is 3. The summed E-state index contributed by atoms with van der Waals surface area (Å²) in [6.07, 6.45) is -1.44. The van der Waals surface area contributed by atoms with Crippen LogP contribution in [0.15, 0.2) is 30.6 Å². The average Bonchev–Trinajstić information content (AvgIpc) is 2.51. The summed E-state index contributed by atoms with van der Waals surface area (Å²) in [4.78, 5) is 7.77. The van der Waals surface area contributed by atoms with E-state index in [9.17, 15) is 21.6 Å². The zero-order chi connectivity index (χ0) is 18.0. The van der Waals surface area contributed by atoms with Gasteiger partial charge in [-0.1, -0.05) is 0 Å². The van der Waals surface area contributed by atoms with Gasteiger partial charge in [0.15, 0.2) is 0 Å². The maximum atomic E-state index is 13.2. The highest BCUT2D eigenvalue weighted by Gasteiger charge is 2.34. The van der Waals surface area contributed by atoms with Crippen LogP contribution in [0.1, 0.15) is 11.3 Å². The molecule has 2 aromatic rings. The van der Waals surface area contributed by atoms with Crippen LogP contribution >= 0.6 is 0 Å². The van der Waals surface area contributed by atoms with Gasteiger partial charge in [-0.15, -0.1) is 0 Å². The highest BCUT2D eigenvalue weighted by molar-refractivity contribution is 7.85. The van der Waals surface area contributed by atoms with Gasteiger partial charge >= 0.3 is 6.18 Å². The summed E-state index contributed by atoms with van der Waals surface area (Å²) < 4.78 is 70.7. The van der Waals surface area contributed by atoms with Crippen LogP contribution in [0.2, 0.25) is 0 Å². The average molecular weight is 362 g/mol. The monoisotopic (exact) mass is 362 g/mol. The van der Waals surface area contributed by atoms with E-state index in [-0.39, 0.29) is 29.3 Å². The van der Waals surface area contributed by atoms with Crippen LogP contribution < -0.4 is 4.74 Å². The second-order valence-electron chi connectivity index (χ2n) is 4.77. The van der Waals surface area contributed by atoms with Crippen molar-refractivity contribution in [3.05, 3.63) is 41.9 Å². The highest BCUT2D eigenvalue weighted by Crippen LogP contribution is 2.38. The van der Waals surface area contributed by atoms with E-state index in [1.165, 1.54) is 19.2 Å². The Balaban J connectivity index is 2.35. The molecular weight excluding hydrogens is 349 g/mol. The Hall–Kier alpha value is -2.20. The predicted molar refractivity (Wildman–Crippen MR) is 78.7 cm³/mol. The SMILES string of the molecule is COc1ccc(-c2cnc(COS(C)(=O)=O)cn2)c(C(F)(F)F)c1. The van der Waals surface area contributed by atoms with E-state index in [1.54, 1.807) is 0 Å². The Morgan fingerprint density at radius 1 is 1.17 bits per heavy atom. The summed E-state index contributed by atoms with van der Waals surface area (Å²) in [5, 5.41) is 0. The normalized spacial score (nSPS) is 12.2. The van der Waals surface area contributed by atoms with Gasteiger partial charge in [0.05, 0.1) is 42.7 Å². The molecular formula is C14H13F3N2O4S. The molecule has 24 heavy (non-hydrogen) atoms. The van der Waals surface area contributed by atoms with Gasteiger partial charge in [0.2, 0.25) is 0 Å². The standard InChI is InChI=1S/C14H13F3N2O4S/c1-22-10-3-4-11(12(5-10)14(15,16)17)13-7-18-9(6-19-13)8-23-24(2,20)21/h3-7H,8H2,1-2H3. The van der Waals surface area contributed by atoms with Crippen LogP contribution in [-0.4, -0.2) is 31.8 Å². The van der Waals surface area contributed by atoms with Crippen LogP contribution in [0.4, 0.5) is 13.2 Å². The van der Waals surface area contributed by atoms with Crippen molar-refractivity contribution in [2.75, 3.05) is 13.4 Å². The number of aromatic nitrogens is 2. The van der Waals surface area contributed by atoms with Gasteiger partial charge in [-0.2, -0.15) is 21.6 Å². The lowest BCUT2D eigenvalue weighted by Gasteiger charge is -2.14. The van der Waals surface area contributed by atoms with Gasteiger partial charge < -0.3 is 4.74 Å². The van der Waals surface area contributed by atoms with E-state index in [4.69, 9.17) is 4.74 Å². The van der Waals surface area contributed by atoms with Gasteiger partial charge in [0, 0.05) is 5.56 Å². The number of nitrogens with zero attached hydrogens (tertiary/aromatic N) is 2. The highest BCUT2D eigenvalue weighted by atomic mass is 32.2. The Morgan fingerprint density at radius 3 is 2.38 bits per heavy atom. The molecule has 0 saturated carbocycles. The van der Waals surface area contributed by atoms with E-state index in [0.29, 0.717) is 0 Å². The first kappa shape index (κ1) is 18.1. The number of hydrogen-bond donors (Lipinski definition) is 0. The van der Waals surface area contributed by atoms with Crippen molar-refractivity contribution in [2.45, 2.75) is 12.8 Å². The largest absolute Gasteiger partial charge is 0.497 e. The molecule has 0 amide bonds. The molecule has 1 heterocycles. The first-order chi connectivity index (χ1) is 11.1. The fourth-order valence-corrected chi connectivity index (χ4v) is 2.18. The molecule has 0 aliphatic rings. The van der Waals surface area contributed by atoms with Gasteiger partial charge in [-0.25, -0.2) is 0 Å². The Bertz CT molecular complexity index is 821. The Labute approximate surface area is 136 Å². The molecule has 0 spiro atoms. The number of ether oxygens (including phenoxy) is 1. The first-order valence-electron chi connectivity index (χ1n) is 6.51. The maximum Gasteiger partial charge on any atom is 0.417 e. The van der Waals surface area contributed by atoms with E-state index >= 15 is 0 Å². The zero-order valence-electron chi connectivity index (χ0n) is 12.7. The molecule has 2 rings (SSSR count). The van der Waals surface area contributed by atoms with Crippen LogP contribution in [0.5, 0.6) is 5.75 Å². The van der Waals surface area contributed by atoms with E-state index in [0.717, 1.165) is 24.7 Å². The van der Waals surface area contributed by atoms with E-state index in [2.05, 4.69) is 14.2 Å². The third kappa shape index (κ3) is 4.65. The summed E-state index contributed by atoms with van der Waals surface area (Å²) in [5.74, 6) is 0.0669. The quantitative estimate of drug-likeness (QED) is 0.761. The molecule has 0 aliphatic heterocycles. The topological polar surface area (TPSA) is 78.4 Å². The second-order valence-corrected chi connectivity index (χ2v) is 6.41. The van der Waals surface area contributed by atoms with Gasteiger partial charge in [0.1, 0.15) is 12.4 Å². The van der Waals surface area contributed by atoms with E-state index in [1.807, 2.05) is 0 Å². The molecule has 0 fully saturated rings. The molecule has 6 nitrogen and oxygen atoms in total. The Morgan fingerprint density at radius 2 is 1.88 bits per heavy atom. The van der Waals surface area contributed by atoms with Crippen molar-refractivity contribution >= 4 is 10.1 Å². The number of hydrogen-bond acceptors (Lipinski definition) is 6. The number of rotatable bonds is 5. The van der Waals surface area contributed by atoms with Crippen LogP contribution in [0.25, 0.3) is 11.3 Å². The summed E-state index contributed by atoms with van der Waals surface area (Å²) >= 11 is 0. The predicted octanol–water partition coefficient (Wildman–Crippen LogP) is 2.65. The maximum absolute atomic E-state index is 13.2. The summed E-state index contributed by atoms with van der Waals surface area (Å²) in [6, 6.07) is 3.49. The first-order valence-corrected chi connectivity index (χ1v) is 8.33. The molecule has 0 N–H and O–H groups in total. The minimum absolute atomic E-state index is 0.00640. The number of alkyl halides is 3. The fraction of sp³-hybridized carbons (Fsp3) is 0.286. The third-order valence-electron chi connectivity index (χ3n) is 2.93. The molecule has 0 radical (unpaired) electrons. The van der Waals surface area contributed by atoms with Gasteiger partial charge in [-0.3, -0.25) is 14.2 Å². The van der Waals surface area contributed by atoms with Gasteiger partial charge in [-0.05, 0) is 18.2 Å². The lowest BCUT2D eigenvalue weighted by molar-refractivity contribution is -0.137. The van der Waals surface area contributed by atoms with Crippen LogP contribution in [-0.2, 0) is 27.1 Å². The molecule has 0 aliphatic carbocycles. The Kier molecular flexibility index (Phi) is 5.09. The summed E-state index contributed by atoms with van der Waals surface area (Å²) in [5.41, 5.74) is -0.901. The molecule has 0 saturated heterocycles. The van der Waals surface area contributed by atoms with Crippen LogP contribution in [0, 0.1) is 0 Å². The lowest BCUT2D eigenvalue weighted by Crippen LogP contribution is -2.09. The molecule has 0 bridgehead atoms. The van der Waals surface area contributed by atoms with Crippen molar-refractivity contribution in [1.82, 2.24) is 9.97 Å². The smallest absolute Gasteiger partial charge is 0.417 e. The molecule has 0 atom stereocenters. The summed E-state index contributed by atoms with van der Waals surface area (Å²) in [6.45, 7) is -0.346. The lowest BCUT2D eigenvalue weighted by atomic mass is 10.0. The third-order valence-corrected chi connectivity index (χ3v) is 3.48. The molecule has 1 aromatic carbocycles. The van der Waals surface area contributed by atoms with Crippen molar-refractivity contribution in [1.29, 1.82) is 0 Å². The fourth-order valence-electron chi connectivity index (χ4n) is 1.84. The number of benzene rings is 1. The molecule has 10 heteroatoms. The molecule has 130 valence electrons. The van der Waals surface area contributed by atoms with Crippen LogP contribution in [0.3, 0.4) is 0 Å². The minimum atomic E-state index is -4.59. The zero-order valence-corrected chi connectivity index (χ0v) is 13.5. The van der Waals surface area contributed by atoms with Crippen molar-refractivity contribution in [3.8, 4) is 17.0 Å².